The fraction of sp³-hybridized carbons (Fsp3) is 0.211. The highest BCUT2D eigenvalue weighted by Gasteiger charge is 2.08. The predicted octanol–water partition coefficient (Wildman–Crippen LogP) is 3.02. The lowest BCUT2D eigenvalue weighted by Gasteiger charge is -2.10. The molecule has 0 fully saturated rings. The summed E-state index contributed by atoms with van der Waals surface area (Å²) in [5, 5.41) is 8.28. The molecule has 134 valence electrons. The van der Waals surface area contributed by atoms with Crippen molar-refractivity contribution in [3.8, 4) is 0 Å². The molecule has 0 saturated carbocycles. The lowest BCUT2D eigenvalue weighted by Crippen LogP contribution is -2.34. The van der Waals surface area contributed by atoms with Crippen LogP contribution in [-0.4, -0.2) is 27.9 Å². The Bertz CT molecular complexity index is 882. The van der Waals surface area contributed by atoms with Gasteiger partial charge in [-0.05, 0) is 50.2 Å². The molecule has 0 atom stereocenters. The molecule has 0 unspecified atom stereocenters. The number of amides is 3. The fourth-order valence-electron chi connectivity index (χ4n) is 2.49. The number of carbonyl (C=O) groups excluding carboxylic acids is 2. The molecule has 0 spiro atoms. The van der Waals surface area contributed by atoms with E-state index in [2.05, 4.69) is 25.9 Å². The second-order valence-corrected chi connectivity index (χ2v) is 6.21. The summed E-state index contributed by atoms with van der Waals surface area (Å²) in [5.41, 5.74) is 2.94. The molecule has 0 aliphatic heterocycles. The average molecular weight is 351 g/mol. The van der Waals surface area contributed by atoms with E-state index in [1.807, 2.05) is 38.1 Å². The van der Waals surface area contributed by atoms with Crippen molar-refractivity contribution in [2.24, 2.45) is 0 Å². The van der Waals surface area contributed by atoms with Crippen LogP contribution in [-0.2, 0) is 6.54 Å². The predicted molar refractivity (Wildman–Crippen MR) is 101 cm³/mol. The largest absolute Gasteiger partial charge is 0.345 e. The van der Waals surface area contributed by atoms with E-state index in [-0.39, 0.29) is 18.0 Å². The Morgan fingerprint density at radius 2 is 1.81 bits per heavy atom. The van der Waals surface area contributed by atoms with Gasteiger partial charge in [0.05, 0.1) is 17.6 Å². The summed E-state index contributed by atoms with van der Waals surface area (Å²) >= 11 is 0. The van der Waals surface area contributed by atoms with Crippen LogP contribution in [0.2, 0.25) is 0 Å². The van der Waals surface area contributed by atoms with Crippen LogP contribution in [0, 0.1) is 0 Å². The van der Waals surface area contributed by atoms with E-state index in [0.717, 1.165) is 11.0 Å². The van der Waals surface area contributed by atoms with Crippen molar-refractivity contribution in [2.45, 2.75) is 26.4 Å². The van der Waals surface area contributed by atoms with E-state index in [1.54, 1.807) is 24.3 Å². The number of para-hydroxylation sites is 2. The van der Waals surface area contributed by atoms with E-state index in [4.69, 9.17) is 0 Å². The summed E-state index contributed by atoms with van der Waals surface area (Å²) in [6.45, 7) is 4.08. The van der Waals surface area contributed by atoms with Gasteiger partial charge in [0.15, 0.2) is 0 Å². The lowest BCUT2D eigenvalue weighted by atomic mass is 10.2. The molecule has 7 heteroatoms. The number of H-pyrrole nitrogens is 1. The van der Waals surface area contributed by atoms with Crippen molar-refractivity contribution >= 4 is 28.7 Å². The van der Waals surface area contributed by atoms with Gasteiger partial charge < -0.3 is 20.9 Å². The molecule has 0 radical (unpaired) electrons. The van der Waals surface area contributed by atoms with Gasteiger partial charge in [0.25, 0.3) is 5.91 Å². The molecule has 0 aliphatic rings. The standard InChI is InChI=1S/C19H21N5O2/c1-12(2)21-19(26)22-14-9-7-13(8-10-14)18(25)20-11-17-23-15-5-3-4-6-16(15)24-17/h3-10,12H,11H2,1-2H3,(H,20,25)(H,23,24)(H2,21,22,26). The highest BCUT2D eigenvalue weighted by atomic mass is 16.2. The Kier molecular flexibility index (Phi) is 5.17. The maximum Gasteiger partial charge on any atom is 0.319 e. The van der Waals surface area contributed by atoms with Crippen molar-refractivity contribution in [1.82, 2.24) is 20.6 Å². The van der Waals surface area contributed by atoms with E-state index >= 15 is 0 Å². The van der Waals surface area contributed by atoms with Gasteiger partial charge in [-0.25, -0.2) is 9.78 Å². The molecular formula is C19H21N5O2. The Labute approximate surface area is 151 Å². The van der Waals surface area contributed by atoms with Crippen molar-refractivity contribution in [3.63, 3.8) is 0 Å². The molecule has 2 aromatic carbocycles. The molecule has 3 amide bonds. The molecule has 4 N–H and O–H groups in total. The molecular weight excluding hydrogens is 330 g/mol. The number of hydrogen-bond acceptors (Lipinski definition) is 3. The summed E-state index contributed by atoms with van der Waals surface area (Å²) in [6.07, 6.45) is 0. The molecule has 0 bridgehead atoms. The first kappa shape index (κ1) is 17.5. The van der Waals surface area contributed by atoms with Crippen LogP contribution in [0.5, 0.6) is 0 Å². The van der Waals surface area contributed by atoms with Crippen molar-refractivity contribution < 1.29 is 9.59 Å². The zero-order chi connectivity index (χ0) is 18.5. The third-order valence-electron chi connectivity index (χ3n) is 3.68. The summed E-state index contributed by atoms with van der Waals surface area (Å²) in [7, 11) is 0. The van der Waals surface area contributed by atoms with Gasteiger partial charge in [0.2, 0.25) is 0 Å². The highest BCUT2D eigenvalue weighted by molar-refractivity contribution is 5.95. The number of fused-ring (bicyclic) bond motifs is 1. The SMILES string of the molecule is CC(C)NC(=O)Nc1ccc(C(=O)NCc2nc3ccccc3[nH]2)cc1. The van der Waals surface area contributed by atoms with Crippen LogP contribution in [0.15, 0.2) is 48.5 Å². The maximum absolute atomic E-state index is 12.3. The minimum Gasteiger partial charge on any atom is -0.345 e. The molecule has 7 nitrogen and oxygen atoms in total. The fourth-order valence-corrected chi connectivity index (χ4v) is 2.49. The number of aromatic nitrogens is 2. The molecule has 26 heavy (non-hydrogen) atoms. The molecule has 1 heterocycles. The van der Waals surface area contributed by atoms with Gasteiger partial charge >= 0.3 is 6.03 Å². The van der Waals surface area contributed by atoms with Gasteiger partial charge in [-0.3, -0.25) is 4.79 Å². The topological polar surface area (TPSA) is 98.9 Å². The van der Waals surface area contributed by atoms with Crippen LogP contribution >= 0.6 is 0 Å². The van der Waals surface area contributed by atoms with Crippen molar-refractivity contribution in [2.75, 3.05) is 5.32 Å². The first-order valence-corrected chi connectivity index (χ1v) is 8.40. The minimum atomic E-state index is -0.276. The zero-order valence-electron chi connectivity index (χ0n) is 14.7. The Balaban J connectivity index is 1.56. The van der Waals surface area contributed by atoms with Crippen LogP contribution in [0.1, 0.15) is 30.0 Å². The second-order valence-electron chi connectivity index (χ2n) is 6.21. The molecule has 3 rings (SSSR count). The highest BCUT2D eigenvalue weighted by Crippen LogP contribution is 2.11. The molecule has 3 aromatic rings. The van der Waals surface area contributed by atoms with Crippen LogP contribution < -0.4 is 16.0 Å². The van der Waals surface area contributed by atoms with Crippen molar-refractivity contribution in [1.29, 1.82) is 0 Å². The average Bonchev–Trinajstić information content (AvgIpc) is 3.02. The maximum atomic E-state index is 12.3. The van der Waals surface area contributed by atoms with E-state index < -0.39 is 0 Å². The van der Waals surface area contributed by atoms with E-state index in [0.29, 0.717) is 23.6 Å². The smallest absolute Gasteiger partial charge is 0.319 e. The van der Waals surface area contributed by atoms with E-state index in [9.17, 15) is 9.59 Å². The van der Waals surface area contributed by atoms with Gasteiger partial charge in [-0.2, -0.15) is 0 Å². The Hall–Kier alpha value is -3.35. The quantitative estimate of drug-likeness (QED) is 0.568. The first-order valence-electron chi connectivity index (χ1n) is 8.40. The molecule has 0 aliphatic carbocycles. The van der Waals surface area contributed by atoms with Gasteiger partial charge in [-0.15, -0.1) is 0 Å². The van der Waals surface area contributed by atoms with Crippen molar-refractivity contribution in [3.05, 3.63) is 59.9 Å². The summed E-state index contributed by atoms with van der Waals surface area (Å²) in [4.78, 5) is 31.5. The third kappa shape index (κ3) is 4.38. The number of urea groups is 1. The number of nitrogens with one attached hydrogen (secondary N) is 4. The van der Waals surface area contributed by atoms with Crippen LogP contribution in [0.25, 0.3) is 11.0 Å². The summed E-state index contributed by atoms with van der Waals surface area (Å²) in [6, 6.07) is 14.2. The van der Waals surface area contributed by atoms with E-state index in [1.165, 1.54) is 0 Å². The molecule has 0 saturated heterocycles. The Morgan fingerprint density at radius 3 is 2.50 bits per heavy atom. The van der Waals surface area contributed by atoms with Gasteiger partial charge in [0.1, 0.15) is 5.82 Å². The number of benzene rings is 2. The number of hydrogen-bond donors (Lipinski definition) is 4. The summed E-state index contributed by atoms with van der Waals surface area (Å²) in [5.74, 6) is 0.492. The number of carbonyl (C=O) groups is 2. The van der Waals surface area contributed by atoms with Crippen LogP contribution in [0.4, 0.5) is 10.5 Å². The zero-order valence-corrected chi connectivity index (χ0v) is 14.7. The van der Waals surface area contributed by atoms with Crippen LogP contribution in [0.3, 0.4) is 0 Å². The van der Waals surface area contributed by atoms with Gasteiger partial charge in [0, 0.05) is 17.3 Å². The normalized spacial score (nSPS) is 10.7. The lowest BCUT2D eigenvalue weighted by molar-refractivity contribution is 0.0950. The number of aromatic amines is 1. The number of imidazole rings is 1. The summed E-state index contributed by atoms with van der Waals surface area (Å²) < 4.78 is 0. The second kappa shape index (κ2) is 7.69. The van der Waals surface area contributed by atoms with Gasteiger partial charge in [-0.1, -0.05) is 12.1 Å². The Morgan fingerprint density at radius 1 is 1.08 bits per heavy atom. The third-order valence-corrected chi connectivity index (χ3v) is 3.68. The monoisotopic (exact) mass is 351 g/mol. The number of anilines is 1. The number of rotatable bonds is 5. The molecule has 1 aromatic heterocycles. The first-order chi connectivity index (χ1) is 12.5. The minimum absolute atomic E-state index is 0.0540. The number of nitrogens with zero attached hydrogens (tertiary/aromatic N) is 1.